The summed E-state index contributed by atoms with van der Waals surface area (Å²) in [7, 11) is 3.55. The fourth-order valence-electron chi connectivity index (χ4n) is 2.71. The number of rotatable bonds is 3. The van der Waals surface area contributed by atoms with Crippen molar-refractivity contribution in [1.82, 2.24) is 24.3 Å². The molecule has 0 fully saturated rings. The largest absolute Gasteiger partial charge is 0.496 e. The van der Waals surface area contributed by atoms with Crippen molar-refractivity contribution in [2.24, 2.45) is 7.05 Å². The van der Waals surface area contributed by atoms with Crippen molar-refractivity contribution >= 4 is 27.0 Å². The molecule has 0 unspecified atom stereocenters. The van der Waals surface area contributed by atoms with Crippen LogP contribution in [0.5, 0.6) is 5.75 Å². The molecule has 0 aliphatic heterocycles. The Morgan fingerprint density at radius 1 is 1.21 bits per heavy atom. The third-order valence-corrected chi connectivity index (χ3v) is 4.27. The second kappa shape index (κ2) is 5.76. The standard InChI is InChI=1S/C17H14BrN5O/c1-22-9-11(8-20-22)12-6-14-13(7-15(12)24-2)19-10-23(14)17-5-3-4-16(18)21-17/h3-10H,1-2H3. The van der Waals surface area contributed by atoms with Gasteiger partial charge in [0.15, 0.2) is 0 Å². The average molecular weight is 384 g/mol. The van der Waals surface area contributed by atoms with Gasteiger partial charge in [-0.1, -0.05) is 6.07 Å². The lowest BCUT2D eigenvalue weighted by atomic mass is 10.1. The number of aryl methyl sites for hydroxylation is 1. The van der Waals surface area contributed by atoms with Crippen molar-refractivity contribution in [2.75, 3.05) is 7.11 Å². The van der Waals surface area contributed by atoms with Crippen LogP contribution in [0, 0.1) is 0 Å². The van der Waals surface area contributed by atoms with E-state index in [1.165, 1.54) is 0 Å². The van der Waals surface area contributed by atoms with Gasteiger partial charge in [0, 0.05) is 30.4 Å². The summed E-state index contributed by atoms with van der Waals surface area (Å²) in [6.45, 7) is 0. The Balaban J connectivity index is 1.95. The molecule has 120 valence electrons. The Hall–Kier alpha value is -2.67. The van der Waals surface area contributed by atoms with Gasteiger partial charge in [-0.15, -0.1) is 0 Å². The van der Waals surface area contributed by atoms with Gasteiger partial charge in [-0.25, -0.2) is 9.97 Å². The van der Waals surface area contributed by atoms with Crippen molar-refractivity contribution < 1.29 is 4.74 Å². The number of imidazole rings is 1. The van der Waals surface area contributed by atoms with Crippen LogP contribution in [0.2, 0.25) is 0 Å². The molecule has 3 heterocycles. The Morgan fingerprint density at radius 2 is 2.08 bits per heavy atom. The van der Waals surface area contributed by atoms with E-state index in [4.69, 9.17) is 4.74 Å². The topological polar surface area (TPSA) is 57.8 Å². The molecule has 4 aromatic rings. The number of benzene rings is 1. The van der Waals surface area contributed by atoms with E-state index in [9.17, 15) is 0 Å². The Labute approximate surface area is 146 Å². The van der Waals surface area contributed by atoms with Crippen LogP contribution in [0.3, 0.4) is 0 Å². The van der Waals surface area contributed by atoms with Crippen LogP contribution in [-0.2, 0) is 7.05 Å². The SMILES string of the molecule is COc1cc2ncn(-c3cccc(Br)n3)c2cc1-c1cnn(C)c1. The van der Waals surface area contributed by atoms with E-state index in [0.717, 1.165) is 38.3 Å². The third kappa shape index (κ3) is 2.46. The van der Waals surface area contributed by atoms with E-state index in [0.29, 0.717) is 0 Å². The highest BCUT2D eigenvalue weighted by Crippen LogP contribution is 2.34. The molecule has 0 amide bonds. The predicted molar refractivity (Wildman–Crippen MR) is 95.3 cm³/mol. The van der Waals surface area contributed by atoms with E-state index in [1.54, 1.807) is 18.1 Å². The number of methoxy groups -OCH3 is 1. The van der Waals surface area contributed by atoms with E-state index >= 15 is 0 Å². The van der Waals surface area contributed by atoms with Crippen molar-refractivity contribution in [3.8, 4) is 22.7 Å². The molecule has 0 aliphatic carbocycles. The summed E-state index contributed by atoms with van der Waals surface area (Å²) in [6.07, 6.45) is 5.55. The van der Waals surface area contributed by atoms with Gasteiger partial charge in [0.2, 0.25) is 0 Å². The monoisotopic (exact) mass is 383 g/mol. The van der Waals surface area contributed by atoms with Gasteiger partial charge >= 0.3 is 0 Å². The van der Waals surface area contributed by atoms with Crippen LogP contribution in [0.25, 0.3) is 28.0 Å². The first kappa shape index (κ1) is 14.9. The van der Waals surface area contributed by atoms with Gasteiger partial charge in [-0.2, -0.15) is 5.10 Å². The number of ether oxygens (including phenoxy) is 1. The van der Waals surface area contributed by atoms with E-state index in [1.807, 2.05) is 48.3 Å². The minimum absolute atomic E-state index is 0.767. The molecule has 1 aromatic carbocycles. The summed E-state index contributed by atoms with van der Waals surface area (Å²) in [6, 6.07) is 9.78. The molecular formula is C17H14BrN5O. The zero-order valence-corrected chi connectivity index (χ0v) is 14.7. The molecule has 0 N–H and O–H groups in total. The Bertz CT molecular complexity index is 1040. The number of fused-ring (bicyclic) bond motifs is 1. The summed E-state index contributed by atoms with van der Waals surface area (Å²) >= 11 is 3.41. The normalized spacial score (nSPS) is 11.1. The van der Waals surface area contributed by atoms with Gasteiger partial charge < -0.3 is 4.74 Å². The zero-order valence-electron chi connectivity index (χ0n) is 13.1. The lowest BCUT2D eigenvalue weighted by Crippen LogP contribution is -1.96. The van der Waals surface area contributed by atoms with Crippen molar-refractivity contribution in [3.63, 3.8) is 0 Å². The first-order chi connectivity index (χ1) is 11.7. The summed E-state index contributed by atoms with van der Waals surface area (Å²) in [4.78, 5) is 8.99. The van der Waals surface area contributed by atoms with Gasteiger partial charge in [0.05, 0.1) is 24.3 Å². The summed E-state index contributed by atoms with van der Waals surface area (Å²) < 4.78 is 10.0. The molecule has 3 aromatic heterocycles. The van der Waals surface area contributed by atoms with Crippen LogP contribution in [-0.4, -0.2) is 31.4 Å². The first-order valence-electron chi connectivity index (χ1n) is 7.33. The van der Waals surface area contributed by atoms with Crippen LogP contribution in [0.15, 0.2) is 53.7 Å². The molecule has 0 saturated heterocycles. The van der Waals surface area contributed by atoms with Crippen molar-refractivity contribution in [2.45, 2.75) is 0 Å². The quantitative estimate of drug-likeness (QED) is 0.507. The molecule has 0 radical (unpaired) electrons. The molecule has 4 rings (SSSR count). The number of hydrogen-bond acceptors (Lipinski definition) is 4. The number of hydrogen-bond donors (Lipinski definition) is 0. The van der Waals surface area contributed by atoms with Gasteiger partial charge in [0.25, 0.3) is 0 Å². The molecular weight excluding hydrogens is 370 g/mol. The predicted octanol–water partition coefficient (Wildman–Crippen LogP) is 3.59. The maximum Gasteiger partial charge on any atom is 0.139 e. The molecule has 0 saturated carbocycles. The number of nitrogens with zero attached hydrogens (tertiary/aromatic N) is 5. The highest BCUT2D eigenvalue weighted by Gasteiger charge is 2.14. The lowest BCUT2D eigenvalue weighted by Gasteiger charge is -2.09. The fraction of sp³-hybridized carbons (Fsp3) is 0.118. The van der Waals surface area contributed by atoms with E-state index in [2.05, 4.69) is 37.1 Å². The Kier molecular flexibility index (Phi) is 3.57. The highest BCUT2D eigenvalue weighted by molar-refractivity contribution is 9.10. The lowest BCUT2D eigenvalue weighted by molar-refractivity contribution is 0.417. The second-order valence-electron chi connectivity index (χ2n) is 5.38. The highest BCUT2D eigenvalue weighted by atomic mass is 79.9. The average Bonchev–Trinajstić information content (AvgIpc) is 3.19. The summed E-state index contributed by atoms with van der Waals surface area (Å²) in [5.41, 5.74) is 3.77. The van der Waals surface area contributed by atoms with Crippen LogP contribution in [0.4, 0.5) is 0 Å². The zero-order chi connectivity index (χ0) is 16.7. The van der Waals surface area contributed by atoms with Crippen molar-refractivity contribution in [3.05, 3.63) is 53.7 Å². The minimum Gasteiger partial charge on any atom is -0.496 e. The summed E-state index contributed by atoms with van der Waals surface area (Å²) in [5.74, 6) is 1.57. The Morgan fingerprint density at radius 3 is 2.79 bits per heavy atom. The van der Waals surface area contributed by atoms with Crippen LogP contribution in [0.1, 0.15) is 0 Å². The van der Waals surface area contributed by atoms with Crippen LogP contribution >= 0.6 is 15.9 Å². The molecule has 0 bridgehead atoms. The van der Waals surface area contributed by atoms with Crippen molar-refractivity contribution in [1.29, 1.82) is 0 Å². The molecule has 24 heavy (non-hydrogen) atoms. The van der Waals surface area contributed by atoms with E-state index in [-0.39, 0.29) is 0 Å². The molecule has 6 nitrogen and oxygen atoms in total. The number of pyridine rings is 1. The first-order valence-corrected chi connectivity index (χ1v) is 8.12. The third-order valence-electron chi connectivity index (χ3n) is 3.83. The van der Waals surface area contributed by atoms with Crippen LogP contribution < -0.4 is 4.74 Å². The maximum atomic E-state index is 5.54. The molecule has 0 atom stereocenters. The fourth-order valence-corrected chi connectivity index (χ4v) is 3.04. The maximum absolute atomic E-state index is 5.54. The number of halogens is 1. The van der Waals surface area contributed by atoms with E-state index < -0.39 is 0 Å². The molecule has 7 heteroatoms. The molecule has 0 spiro atoms. The van der Waals surface area contributed by atoms with Gasteiger partial charge in [-0.3, -0.25) is 9.25 Å². The smallest absolute Gasteiger partial charge is 0.139 e. The second-order valence-corrected chi connectivity index (χ2v) is 6.19. The summed E-state index contributed by atoms with van der Waals surface area (Å²) in [5, 5.41) is 4.25. The van der Waals surface area contributed by atoms with Gasteiger partial charge in [0.1, 0.15) is 22.5 Å². The molecule has 0 aliphatic rings. The minimum atomic E-state index is 0.767. The number of aromatic nitrogens is 5. The van der Waals surface area contributed by atoms with Gasteiger partial charge in [-0.05, 0) is 34.1 Å².